The van der Waals surface area contributed by atoms with Gasteiger partial charge in [-0.3, -0.25) is 0 Å². The van der Waals surface area contributed by atoms with Gasteiger partial charge < -0.3 is 14.6 Å². The van der Waals surface area contributed by atoms with Gasteiger partial charge in [0.2, 0.25) is 0 Å². The van der Waals surface area contributed by atoms with E-state index < -0.39 is 0 Å². The topological polar surface area (TPSA) is 38.7 Å². The Morgan fingerprint density at radius 2 is 1.72 bits per heavy atom. The van der Waals surface area contributed by atoms with Crippen LogP contribution in [0.15, 0.2) is 12.1 Å². The fraction of sp³-hybridized carbons (Fsp3) is 0.571. The first-order valence-electron chi connectivity index (χ1n) is 6.00. The molecule has 0 aliphatic rings. The monoisotopic (exact) mass is 270 g/mol. The molecule has 0 saturated carbocycles. The normalized spacial score (nSPS) is 14.1. The molecule has 1 rings (SSSR count). The summed E-state index contributed by atoms with van der Waals surface area (Å²) in [6.07, 6.45) is -0.296. The van der Waals surface area contributed by atoms with Crippen molar-refractivity contribution in [3.63, 3.8) is 0 Å². The maximum absolute atomic E-state index is 9.49. The molecule has 0 aromatic heterocycles. The smallest absolute Gasteiger partial charge is 0.161 e. The lowest BCUT2D eigenvalue weighted by Crippen LogP contribution is -2.15. The third kappa shape index (κ3) is 3.82. The summed E-state index contributed by atoms with van der Waals surface area (Å²) in [6, 6.07) is 4.00. The summed E-state index contributed by atoms with van der Waals surface area (Å²) < 4.78 is 10.6. The van der Waals surface area contributed by atoms with Crippen molar-refractivity contribution in [2.75, 3.05) is 14.2 Å². The molecule has 2 unspecified atom stereocenters. The Balaban J connectivity index is 2.83. The van der Waals surface area contributed by atoms with Crippen molar-refractivity contribution < 1.29 is 14.6 Å². The van der Waals surface area contributed by atoms with Crippen LogP contribution in [0.4, 0.5) is 0 Å². The highest BCUT2D eigenvalue weighted by atomic mass is 32.2. The van der Waals surface area contributed by atoms with Crippen molar-refractivity contribution in [2.24, 2.45) is 0 Å². The largest absolute Gasteiger partial charge is 0.493 e. The number of aliphatic hydroxyl groups is 1. The van der Waals surface area contributed by atoms with Gasteiger partial charge in [-0.05, 0) is 37.1 Å². The van der Waals surface area contributed by atoms with E-state index >= 15 is 0 Å². The summed E-state index contributed by atoms with van der Waals surface area (Å²) in [6.45, 7) is 5.91. The fourth-order valence-corrected chi connectivity index (χ4v) is 2.57. The van der Waals surface area contributed by atoms with Gasteiger partial charge >= 0.3 is 0 Å². The van der Waals surface area contributed by atoms with E-state index in [4.69, 9.17) is 9.47 Å². The predicted molar refractivity (Wildman–Crippen MR) is 76.7 cm³/mol. The first-order chi connectivity index (χ1) is 8.49. The molecule has 0 bridgehead atoms. The zero-order chi connectivity index (χ0) is 13.7. The number of ether oxygens (including phenoxy) is 2. The maximum Gasteiger partial charge on any atom is 0.161 e. The molecular weight excluding hydrogens is 248 g/mol. The number of methoxy groups -OCH3 is 2. The lowest BCUT2D eigenvalue weighted by molar-refractivity contribution is 0.196. The zero-order valence-electron chi connectivity index (χ0n) is 11.7. The van der Waals surface area contributed by atoms with Crippen molar-refractivity contribution in [3.8, 4) is 11.5 Å². The lowest BCUT2D eigenvalue weighted by atomic mass is 10.1. The molecule has 1 aromatic carbocycles. The molecule has 1 aromatic rings. The molecule has 0 aliphatic carbocycles. The van der Waals surface area contributed by atoms with Gasteiger partial charge in [-0.15, -0.1) is 0 Å². The second-order valence-corrected chi connectivity index (χ2v) is 5.76. The van der Waals surface area contributed by atoms with Gasteiger partial charge in [-0.2, -0.15) is 11.8 Å². The number of thioether (sulfide) groups is 1. The van der Waals surface area contributed by atoms with Gasteiger partial charge in [0.25, 0.3) is 0 Å². The molecule has 18 heavy (non-hydrogen) atoms. The van der Waals surface area contributed by atoms with E-state index in [2.05, 4.69) is 6.92 Å². The minimum atomic E-state index is -0.296. The van der Waals surface area contributed by atoms with Crippen LogP contribution in [0.25, 0.3) is 0 Å². The Morgan fingerprint density at radius 3 is 2.22 bits per heavy atom. The van der Waals surface area contributed by atoms with E-state index in [0.29, 0.717) is 0 Å². The van der Waals surface area contributed by atoms with Gasteiger partial charge in [0.15, 0.2) is 11.5 Å². The second-order valence-electron chi connectivity index (χ2n) is 4.39. The van der Waals surface area contributed by atoms with E-state index in [9.17, 15) is 5.11 Å². The van der Waals surface area contributed by atoms with Gasteiger partial charge in [0, 0.05) is 11.0 Å². The molecule has 0 fully saturated rings. The molecule has 0 spiro atoms. The average Bonchev–Trinajstić information content (AvgIpc) is 2.36. The molecule has 102 valence electrons. The van der Waals surface area contributed by atoms with Crippen LogP contribution in [-0.4, -0.2) is 30.7 Å². The van der Waals surface area contributed by atoms with Crippen molar-refractivity contribution in [3.05, 3.63) is 23.3 Å². The molecule has 0 heterocycles. The minimum Gasteiger partial charge on any atom is -0.493 e. The van der Waals surface area contributed by atoms with Crippen LogP contribution in [0.3, 0.4) is 0 Å². The predicted octanol–water partition coefficient (Wildman–Crippen LogP) is 3.01. The van der Waals surface area contributed by atoms with E-state index in [1.165, 1.54) is 11.1 Å². The van der Waals surface area contributed by atoms with Crippen LogP contribution >= 0.6 is 11.8 Å². The third-order valence-electron chi connectivity index (χ3n) is 3.02. The number of hydrogen-bond donors (Lipinski definition) is 1. The standard InChI is InChI=1S/C14H22O3S/c1-9-6-13(16-4)14(17-5)7-12(9)8-18-11(3)10(2)15/h6-7,10-11,15H,8H2,1-5H3. The van der Waals surface area contributed by atoms with Crippen LogP contribution in [0.1, 0.15) is 25.0 Å². The molecule has 0 radical (unpaired) electrons. The van der Waals surface area contributed by atoms with Crippen molar-refractivity contribution in [1.29, 1.82) is 0 Å². The molecule has 0 amide bonds. The van der Waals surface area contributed by atoms with Crippen LogP contribution in [-0.2, 0) is 5.75 Å². The average molecular weight is 270 g/mol. The molecule has 1 N–H and O–H groups in total. The van der Waals surface area contributed by atoms with Crippen LogP contribution in [0.2, 0.25) is 0 Å². The number of hydrogen-bond acceptors (Lipinski definition) is 4. The van der Waals surface area contributed by atoms with Crippen LogP contribution < -0.4 is 9.47 Å². The highest BCUT2D eigenvalue weighted by Gasteiger charge is 2.12. The van der Waals surface area contributed by atoms with E-state index in [1.54, 1.807) is 26.0 Å². The zero-order valence-corrected chi connectivity index (χ0v) is 12.5. The van der Waals surface area contributed by atoms with Gasteiger partial charge in [-0.1, -0.05) is 6.92 Å². The van der Waals surface area contributed by atoms with Gasteiger partial charge in [0.05, 0.1) is 20.3 Å². The summed E-state index contributed by atoms with van der Waals surface area (Å²) in [7, 11) is 3.28. The van der Waals surface area contributed by atoms with Crippen molar-refractivity contribution in [1.82, 2.24) is 0 Å². The second kappa shape index (κ2) is 6.90. The van der Waals surface area contributed by atoms with Crippen LogP contribution in [0, 0.1) is 6.92 Å². The Morgan fingerprint density at radius 1 is 1.17 bits per heavy atom. The number of benzene rings is 1. The quantitative estimate of drug-likeness (QED) is 0.862. The highest BCUT2D eigenvalue weighted by Crippen LogP contribution is 2.32. The maximum atomic E-state index is 9.49. The first-order valence-corrected chi connectivity index (χ1v) is 7.05. The van der Waals surface area contributed by atoms with Gasteiger partial charge in [-0.25, -0.2) is 0 Å². The summed E-state index contributed by atoms with van der Waals surface area (Å²) in [5, 5.41) is 9.71. The van der Waals surface area contributed by atoms with Crippen molar-refractivity contribution >= 4 is 11.8 Å². The SMILES string of the molecule is COc1cc(C)c(CSC(C)C(C)O)cc1OC. The lowest BCUT2D eigenvalue weighted by Gasteiger charge is -2.16. The molecule has 4 heteroatoms. The van der Waals surface area contributed by atoms with E-state index in [1.807, 2.05) is 26.0 Å². The summed E-state index contributed by atoms with van der Waals surface area (Å²) in [4.78, 5) is 0. The molecule has 3 nitrogen and oxygen atoms in total. The Labute approximate surface area is 113 Å². The first kappa shape index (κ1) is 15.2. The third-order valence-corrected chi connectivity index (χ3v) is 4.42. The Bertz CT molecular complexity index is 391. The van der Waals surface area contributed by atoms with Gasteiger partial charge in [0.1, 0.15) is 0 Å². The van der Waals surface area contributed by atoms with Crippen molar-refractivity contribution in [2.45, 2.75) is 37.9 Å². The number of aryl methyl sites for hydroxylation is 1. The Hall–Kier alpha value is -0.870. The fourth-order valence-electron chi connectivity index (χ4n) is 1.54. The highest BCUT2D eigenvalue weighted by molar-refractivity contribution is 7.99. The summed E-state index contributed by atoms with van der Waals surface area (Å²) in [5.41, 5.74) is 2.39. The van der Waals surface area contributed by atoms with Crippen LogP contribution in [0.5, 0.6) is 11.5 Å². The minimum absolute atomic E-state index is 0.220. The summed E-state index contributed by atoms with van der Waals surface area (Å²) in [5.74, 6) is 2.37. The summed E-state index contributed by atoms with van der Waals surface area (Å²) >= 11 is 1.74. The van der Waals surface area contributed by atoms with E-state index in [-0.39, 0.29) is 11.4 Å². The molecule has 0 aliphatic heterocycles. The number of aliphatic hydroxyl groups excluding tert-OH is 1. The Kier molecular flexibility index (Phi) is 5.82. The molecule has 0 saturated heterocycles. The number of rotatable bonds is 6. The molecular formula is C14H22O3S. The molecule has 2 atom stereocenters. The van der Waals surface area contributed by atoms with E-state index in [0.717, 1.165) is 17.3 Å².